The van der Waals surface area contributed by atoms with Crippen molar-refractivity contribution in [2.45, 2.75) is 63.7 Å². The Bertz CT molecular complexity index is 653. The van der Waals surface area contributed by atoms with Crippen LogP contribution >= 0.6 is 0 Å². The molecule has 0 radical (unpaired) electrons. The van der Waals surface area contributed by atoms with Crippen LogP contribution in [0.25, 0.3) is 0 Å². The summed E-state index contributed by atoms with van der Waals surface area (Å²) < 4.78 is 44.6. The van der Waals surface area contributed by atoms with Gasteiger partial charge in [-0.2, -0.15) is 13.2 Å². The maximum atomic E-state index is 13.0. The minimum Gasteiger partial charge on any atom is -0.381 e. The lowest BCUT2D eigenvalue weighted by atomic mass is 9.86. The van der Waals surface area contributed by atoms with Gasteiger partial charge in [-0.05, 0) is 42.9 Å². The molecule has 6 heteroatoms. The number of rotatable bonds is 6. The van der Waals surface area contributed by atoms with Crippen molar-refractivity contribution in [3.05, 3.63) is 34.9 Å². The highest BCUT2D eigenvalue weighted by Gasteiger charge is 2.36. The van der Waals surface area contributed by atoms with Gasteiger partial charge in [-0.3, -0.25) is 4.79 Å². The van der Waals surface area contributed by atoms with Crippen molar-refractivity contribution in [1.82, 2.24) is 5.32 Å². The summed E-state index contributed by atoms with van der Waals surface area (Å²) in [7, 11) is 0. The minimum absolute atomic E-state index is 0.0491. The summed E-state index contributed by atoms with van der Waals surface area (Å²) in [6.45, 7) is 5.31. The van der Waals surface area contributed by atoms with Gasteiger partial charge >= 0.3 is 6.18 Å². The van der Waals surface area contributed by atoms with E-state index < -0.39 is 11.7 Å². The summed E-state index contributed by atoms with van der Waals surface area (Å²) in [6, 6.07) is 4.08. The van der Waals surface area contributed by atoms with E-state index in [1.807, 2.05) is 0 Å². The highest BCUT2D eigenvalue weighted by Crippen LogP contribution is 2.44. The SMILES string of the molecule is CC(C)N[C@@H]1CCOC[C@H]1CC(=O)c1ccc(C(F)(F)F)cc1C1CC1. The van der Waals surface area contributed by atoms with E-state index in [1.165, 1.54) is 12.1 Å². The van der Waals surface area contributed by atoms with Crippen LogP contribution < -0.4 is 5.32 Å². The van der Waals surface area contributed by atoms with Gasteiger partial charge in [0.05, 0.1) is 12.2 Å². The zero-order chi connectivity index (χ0) is 18.9. The van der Waals surface area contributed by atoms with Crippen molar-refractivity contribution in [2.75, 3.05) is 13.2 Å². The van der Waals surface area contributed by atoms with Crippen molar-refractivity contribution in [3.8, 4) is 0 Å². The molecule has 1 aliphatic carbocycles. The van der Waals surface area contributed by atoms with Gasteiger partial charge in [-0.1, -0.05) is 19.9 Å². The average Bonchev–Trinajstić information content (AvgIpc) is 3.39. The lowest BCUT2D eigenvalue weighted by molar-refractivity contribution is -0.137. The average molecular weight is 369 g/mol. The first-order chi connectivity index (χ1) is 12.3. The second kappa shape index (κ2) is 7.69. The Balaban J connectivity index is 1.78. The Hall–Kier alpha value is -1.40. The number of carbonyl (C=O) groups excluding carboxylic acids is 1. The molecule has 1 saturated heterocycles. The maximum Gasteiger partial charge on any atom is 0.416 e. The summed E-state index contributed by atoms with van der Waals surface area (Å²) in [4.78, 5) is 12.9. The van der Waals surface area contributed by atoms with Crippen LogP contribution in [0.1, 0.15) is 66.9 Å². The number of benzene rings is 1. The lowest BCUT2D eigenvalue weighted by Gasteiger charge is -2.33. The van der Waals surface area contributed by atoms with Gasteiger partial charge < -0.3 is 10.1 Å². The van der Waals surface area contributed by atoms with Gasteiger partial charge in [0.2, 0.25) is 0 Å². The molecule has 0 bridgehead atoms. The molecule has 3 rings (SSSR count). The van der Waals surface area contributed by atoms with Gasteiger partial charge in [-0.25, -0.2) is 0 Å². The van der Waals surface area contributed by atoms with E-state index in [1.54, 1.807) is 0 Å². The summed E-state index contributed by atoms with van der Waals surface area (Å²) >= 11 is 0. The van der Waals surface area contributed by atoms with Crippen LogP contribution in [0.15, 0.2) is 18.2 Å². The van der Waals surface area contributed by atoms with Crippen LogP contribution in [0.3, 0.4) is 0 Å². The summed E-state index contributed by atoms with van der Waals surface area (Å²) in [5.41, 5.74) is 0.348. The van der Waals surface area contributed by atoms with Crippen LogP contribution in [-0.4, -0.2) is 31.1 Å². The van der Waals surface area contributed by atoms with E-state index in [9.17, 15) is 18.0 Å². The number of carbonyl (C=O) groups is 1. The zero-order valence-electron chi connectivity index (χ0n) is 15.2. The Kier molecular flexibility index (Phi) is 5.72. The molecular weight excluding hydrogens is 343 g/mol. The number of alkyl halides is 3. The molecule has 1 N–H and O–H groups in total. The molecule has 0 spiro atoms. The number of hydrogen-bond donors (Lipinski definition) is 1. The predicted molar refractivity (Wildman–Crippen MR) is 93.4 cm³/mol. The molecule has 0 amide bonds. The second-order valence-corrected chi connectivity index (χ2v) is 7.75. The molecule has 1 aromatic rings. The number of ketones is 1. The first kappa shape index (κ1) is 19.4. The molecule has 26 heavy (non-hydrogen) atoms. The Morgan fingerprint density at radius 2 is 2.00 bits per heavy atom. The van der Waals surface area contributed by atoms with Crippen molar-refractivity contribution < 1.29 is 22.7 Å². The fourth-order valence-corrected chi connectivity index (χ4v) is 3.72. The zero-order valence-corrected chi connectivity index (χ0v) is 15.2. The summed E-state index contributed by atoms with van der Waals surface area (Å²) in [6.07, 6.45) is -1.53. The van der Waals surface area contributed by atoms with E-state index in [-0.39, 0.29) is 23.7 Å². The van der Waals surface area contributed by atoms with Crippen LogP contribution in [-0.2, 0) is 10.9 Å². The van der Waals surface area contributed by atoms with Crippen LogP contribution in [0.5, 0.6) is 0 Å². The molecule has 1 saturated carbocycles. The normalized spacial score (nSPS) is 24.1. The van der Waals surface area contributed by atoms with Crippen LogP contribution in [0.2, 0.25) is 0 Å². The van der Waals surface area contributed by atoms with Gasteiger partial charge in [0.1, 0.15) is 0 Å². The predicted octanol–water partition coefficient (Wildman–Crippen LogP) is 4.56. The monoisotopic (exact) mass is 369 g/mol. The Morgan fingerprint density at radius 1 is 1.27 bits per heavy atom. The molecule has 0 unspecified atom stereocenters. The molecule has 3 nitrogen and oxygen atoms in total. The molecule has 0 aromatic heterocycles. The molecule has 1 aromatic carbocycles. The van der Waals surface area contributed by atoms with E-state index in [2.05, 4.69) is 19.2 Å². The van der Waals surface area contributed by atoms with Gasteiger partial charge in [0, 0.05) is 36.6 Å². The van der Waals surface area contributed by atoms with Crippen LogP contribution in [0.4, 0.5) is 13.2 Å². The van der Waals surface area contributed by atoms with Crippen molar-refractivity contribution >= 4 is 5.78 Å². The largest absolute Gasteiger partial charge is 0.416 e. The second-order valence-electron chi connectivity index (χ2n) is 7.75. The molecule has 2 aliphatic rings. The maximum absolute atomic E-state index is 13.0. The van der Waals surface area contributed by atoms with E-state index in [0.29, 0.717) is 36.8 Å². The van der Waals surface area contributed by atoms with Crippen molar-refractivity contribution in [3.63, 3.8) is 0 Å². The summed E-state index contributed by atoms with van der Waals surface area (Å²) in [5, 5.41) is 3.49. The fourth-order valence-electron chi connectivity index (χ4n) is 3.72. The van der Waals surface area contributed by atoms with Crippen molar-refractivity contribution in [2.24, 2.45) is 5.92 Å². The molecular formula is C20H26F3NO2. The van der Waals surface area contributed by atoms with Gasteiger partial charge in [0.15, 0.2) is 5.78 Å². The highest BCUT2D eigenvalue weighted by molar-refractivity contribution is 5.98. The minimum atomic E-state index is -4.38. The molecule has 2 fully saturated rings. The number of ether oxygens (including phenoxy) is 1. The first-order valence-corrected chi connectivity index (χ1v) is 9.34. The Labute approximate surface area is 152 Å². The van der Waals surface area contributed by atoms with Gasteiger partial charge in [-0.15, -0.1) is 0 Å². The standard InChI is InChI=1S/C20H26F3NO2/c1-12(2)24-18-7-8-26-11-14(18)9-19(25)16-6-5-15(20(21,22)23)10-17(16)13-3-4-13/h5-6,10,12-14,18,24H,3-4,7-9,11H2,1-2H3/t14-,18-/m1/s1. The van der Waals surface area contributed by atoms with E-state index in [4.69, 9.17) is 4.74 Å². The first-order valence-electron chi connectivity index (χ1n) is 9.34. The molecule has 1 aliphatic heterocycles. The quantitative estimate of drug-likeness (QED) is 0.747. The van der Waals surface area contributed by atoms with E-state index in [0.717, 1.165) is 25.3 Å². The number of hydrogen-bond acceptors (Lipinski definition) is 3. The highest BCUT2D eigenvalue weighted by atomic mass is 19.4. The van der Waals surface area contributed by atoms with Crippen LogP contribution in [0, 0.1) is 5.92 Å². The molecule has 2 atom stereocenters. The molecule has 144 valence electrons. The smallest absolute Gasteiger partial charge is 0.381 e. The van der Waals surface area contributed by atoms with Crippen molar-refractivity contribution in [1.29, 1.82) is 0 Å². The topological polar surface area (TPSA) is 38.3 Å². The third-order valence-corrected chi connectivity index (χ3v) is 5.17. The van der Waals surface area contributed by atoms with E-state index >= 15 is 0 Å². The fraction of sp³-hybridized carbons (Fsp3) is 0.650. The number of halogens is 3. The Morgan fingerprint density at radius 3 is 2.62 bits per heavy atom. The summed E-state index contributed by atoms with van der Waals surface area (Å²) in [5.74, 6) is 0.0584. The third kappa shape index (κ3) is 4.65. The lowest BCUT2D eigenvalue weighted by Crippen LogP contribution is -2.46. The van der Waals surface area contributed by atoms with Gasteiger partial charge in [0.25, 0.3) is 0 Å². The number of nitrogens with one attached hydrogen (secondary N) is 1. The number of Topliss-reactive ketones (excluding diaryl/α,β-unsaturated/α-hetero) is 1. The molecule has 1 heterocycles. The third-order valence-electron chi connectivity index (χ3n) is 5.17.